The van der Waals surface area contributed by atoms with Gasteiger partial charge in [0, 0.05) is 36.0 Å². The Kier molecular flexibility index (Phi) is 4.28. The Labute approximate surface area is 125 Å². The number of anilines is 1. The van der Waals surface area contributed by atoms with Gasteiger partial charge in [-0.05, 0) is 31.2 Å². The summed E-state index contributed by atoms with van der Waals surface area (Å²) in [6.45, 7) is 6.47. The van der Waals surface area contributed by atoms with Gasteiger partial charge in [0.05, 0.1) is 5.69 Å². The van der Waals surface area contributed by atoms with Gasteiger partial charge < -0.3 is 10.2 Å². The van der Waals surface area contributed by atoms with E-state index in [9.17, 15) is 0 Å². The third kappa shape index (κ3) is 3.17. The second-order valence-corrected chi connectivity index (χ2v) is 6.24. The molecule has 0 aromatic heterocycles. The molecule has 0 bridgehead atoms. The van der Waals surface area contributed by atoms with Gasteiger partial charge in [0.15, 0.2) is 0 Å². The van der Waals surface area contributed by atoms with Gasteiger partial charge in [-0.3, -0.25) is 0 Å². The van der Waals surface area contributed by atoms with Gasteiger partial charge in [0.1, 0.15) is 0 Å². The van der Waals surface area contributed by atoms with Crippen molar-refractivity contribution in [3.63, 3.8) is 0 Å². The van der Waals surface area contributed by atoms with Gasteiger partial charge in [0.25, 0.3) is 0 Å². The Balaban J connectivity index is 1.85. The maximum Gasteiger partial charge on any atom is 0.0508 e. The van der Waals surface area contributed by atoms with Crippen molar-refractivity contribution in [3.05, 3.63) is 54.1 Å². The van der Waals surface area contributed by atoms with Gasteiger partial charge in [-0.15, -0.1) is 0 Å². The van der Waals surface area contributed by atoms with E-state index in [4.69, 9.17) is 0 Å². The first-order valence-corrected chi connectivity index (χ1v) is 7.94. The molecule has 1 fully saturated rings. The molecule has 0 unspecified atom stereocenters. The Bertz CT molecular complexity index is 577. The second kappa shape index (κ2) is 6.33. The molecule has 3 heteroatoms. The minimum absolute atomic E-state index is 1.07. The standard InChI is InChI=1S/C17H20N2S/c1-14-5-4-6-15(13-14)20-17-8-3-2-7-16(17)19-11-9-18-10-12-19/h2-8,13,18H,9-12H2,1H3. The van der Waals surface area contributed by atoms with Crippen LogP contribution in [-0.2, 0) is 0 Å². The summed E-state index contributed by atoms with van der Waals surface area (Å²) in [7, 11) is 0. The van der Waals surface area contributed by atoms with Crippen LogP contribution in [0.2, 0.25) is 0 Å². The zero-order valence-corrected chi connectivity index (χ0v) is 12.6. The van der Waals surface area contributed by atoms with Crippen LogP contribution >= 0.6 is 11.8 Å². The molecule has 1 aliphatic rings. The molecule has 3 rings (SSSR count). The van der Waals surface area contributed by atoms with E-state index in [1.807, 2.05) is 11.8 Å². The van der Waals surface area contributed by atoms with Gasteiger partial charge in [-0.1, -0.05) is 41.6 Å². The van der Waals surface area contributed by atoms with Crippen LogP contribution in [0, 0.1) is 6.92 Å². The van der Waals surface area contributed by atoms with Crippen LogP contribution in [0.25, 0.3) is 0 Å². The lowest BCUT2D eigenvalue weighted by Crippen LogP contribution is -2.43. The first kappa shape index (κ1) is 13.5. The summed E-state index contributed by atoms with van der Waals surface area (Å²) >= 11 is 1.86. The minimum atomic E-state index is 1.07. The third-order valence-corrected chi connectivity index (χ3v) is 4.60. The van der Waals surface area contributed by atoms with Crippen molar-refractivity contribution in [2.24, 2.45) is 0 Å². The molecule has 2 nitrogen and oxygen atoms in total. The van der Waals surface area contributed by atoms with Crippen molar-refractivity contribution in [1.82, 2.24) is 5.32 Å². The highest BCUT2D eigenvalue weighted by atomic mass is 32.2. The number of hydrogen-bond acceptors (Lipinski definition) is 3. The lowest BCUT2D eigenvalue weighted by atomic mass is 10.2. The van der Waals surface area contributed by atoms with E-state index in [1.54, 1.807) is 0 Å². The number of nitrogens with zero attached hydrogens (tertiary/aromatic N) is 1. The van der Waals surface area contributed by atoms with E-state index in [0.717, 1.165) is 26.2 Å². The smallest absolute Gasteiger partial charge is 0.0508 e. The normalized spacial score (nSPS) is 15.3. The molecule has 0 atom stereocenters. The van der Waals surface area contributed by atoms with E-state index in [1.165, 1.54) is 21.0 Å². The van der Waals surface area contributed by atoms with Crippen LogP contribution in [-0.4, -0.2) is 26.2 Å². The van der Waals surface area contributed by atoms with E-state index in [0.29, 0.717) is 0 Å². The van der Waals surface area contributed by atoms with E-state index in [2.05, 4.69) is 65.7 Å². The van der Waals surface area contributed by atoms with Crippen LogP contribution in [0.15, 0.2) is 58.3 Å². The molecule has 1 heterocycles. The second-order valence-electron chi connectivity index (χ2n) is 5.12. The average molecular weight is 284 g/mol. The Hall–Kier alpha value is -1.45. The molecule has 1 saturated heterocycles. The molecule has 0 radical (unpaired) electrons. The van der Waals surface area contributed by atoms with Crippen LogP contribution in [0.4, 0.5) is 5.69 Å². The Morgan fingerprint density at radius 2 is 1.80 bits per heavy atom. The molecule has 0 amide bonds. The monoisotopic (exact) mass is 284 g/mol. The largest absolute Gasteiger partial charge is 0.368 e. The summed E-state index contributed by atoms with van der Waals surface area (Å²) in [5.41, 5.74) is 2.68. The molecule has 20 heavy (non-hydrogen) atoms. The lowest BCUT2D eigenvalue weighted by Gasteiger charge is -2.31. The number of piperazine rings is 1. The van der Waals surface area contributed by atoms with Gasteiger partial charge in [-0.25, -0.2) is 0 Å². The summed E-state index contributed by atoms with van der Waals surface area (Å²) in [5, 5.41) is 3.41. The Morgan fingerprint density at radius 1 is 1.00 bits per heavy atom. The first-order chi connectivity index (χ1) is 9.83. The highest BCUT2D eigenvalue weighted by Gasteiger charge is 2.14. The van der Waals surface area contributed by atoms with Crippen LogP contribution < -0.4 is 10.2 Å². The average Bonchev–Trinajstić information content (AvgIpc) is 2.49. The first-order valence-electron chi connectivity index (χ1n) is 7.12. The van der Waals surface area contributed by atoms with Crippen molar-refractivity contribution in [2.75, 3.05) is 31.1 Å². The molecule has 0 aliphatic carbocycles. The lowest BCUT2D eigenvalue weighted by molar-refractivity contribution is 0.587. The zero-order chi connectivity index (χ0) is 13.8. The molecule has 0 spiro atoms. The molecule has 1 aliphatic heterocycles. The van der Waals surface area contributed by atoms with Crippen molar-refractivity contribution in [3.8, 4) is 0 Å². The number of benzene rings is 2. The predicted molar refractivity (Wildman–Crippen MR) is 86.8 cm³/mol. The summed E-state index contributed by atoms with van der Waals surface area (Å²) < 4.78 is 0. The summed E-state index contributed by atoms with van der Waals surface area (Å²) in [6, 6.07) is 17.4. The van der Waals surface area contributed by atoms with E-state index >= 15 is 0 Å². The van der Waals surface area contributed by atoms with Crippen LogP contribution in [0.1, 0.15) is 5.56 Å². The number of rotatable bonds is 3. The van der Waals surface area contributed by atoms with E-state index in [-0.39, 0.29) is 0 Å². The molecular formula is C17H20N2S. The molecule has 2 aromatic rings. The fourth-order valence-corrected chi connectivity index (χ4v) is 3.61. The molecule has 1 N–H and O–H groups in total. The van der Waals surface area contributed by atoms with Gasteiger partial charge >= 0.3 is 0 Å². The fraction of sp³-hybridized carbons (Fsp3) is 0.294. The maximum atomic E-state index is 3.41. The van der Waals surface area contributed by atoms with E-state index < -0.39 is 0 Å². The molecular weight excluding hydrogens is 264 g/mol. The number of nitrogens with one attached hydrogen (secondary N) is 1. The SMILES string of the molecule is Cc1cccc(Sc2ccccc2N2CCNCC2)c1. The molecule has 2 aromatic carbocycles. The highest BCUT2D eigenvalue weighted by molar-refractivity contribution is 7.99. The van der Waals surface area contributed by atoms with Crippen molar-refractivity contribution in [2.45, 2.75) is 16.7 Å². The topological polar surface area (TPSA) is 15.3 Å². The van der Waals surface area contributed by atoms with Crippen LogP contribution in [0.3, 0.4) is 0 Å². The fourth-order valence-electron chi connectivity index (χ4n) is 2.52. The quantitative estimate of drug-likeness (QED) is 0.928. The number of hydrogen-bond donors (Lipinski definition) is 1. The highest BCUT2D eigenvalue weighted by Crippen LogP contribution is 2.35. The summed E-state index contributed by atoms with van der Waals surface area (Å²) in [6.07, 6.45) is 0. The molecule has 104 valence electrons. The van der Waals surface area contributed by atoms with Gasteiger partial charge in [0.2, 0.25) is 0 Å². The summed E-state index contributed by atoms with van der Waals surface area (Å²) in [5.74, 6) is 0. The minimum Gasteiger partial charge on any atom is -0.368 e. The predicted octanol–water partition coefficient (Wildman–Crippen LogP) is 3.56. The third-order valence-electron chi connectivity index (χ3n) is 3.54. The maximum absolute atomic E-state index is 3.41. The van der Waals surface area contributed by atoms with Crippen molar-refractivity contribution >= 4 is 17.4 Å². The van der Waals surface area contributed by atoms with Crippen molar-refractivity contribution < 1.29 is 0 Å². The van der Waals surface area contributed by atoms with Gasteiger partial charge in [-0.2, -0.15) is 0 Å². The van der Waals surface area contributed by atoms with Crippen LogP contribution in [0.5, 0.6) is 0 Å². The Morgan fingerprint density at radius 3 is 2.60 bits per heavy atom. The number of para-hydroxylation sites is 1. The van der Waals surface area contributed by atoms with Crippen molar-refractivity contribution in [1.29, 1.82) is 0 Å². The molecule has 0 saturated carbocycles. The summed E-state index contributed by atoms with van der Waals surface area (Å²) in [4.78, 5) is 5.14. The zero-order valence-electron chi connectivity index (χ0n) is 11.8. The number of aryl methyl sites for hydroxylation is 1.